The van der Waals surface area contributed by atoms with E-state index in [0.29, 0.717) is 28.3 Å². The molecule has 0 aliphatic carbocycles. The number of aromatic nitrogens is 1. The lowest BCUT2D eigenvalue weighted by atomic mass is 10.1. The van der Waals surface area contributed by atoms with Gasteiger partial charge in [0.1, 0.15) is 0 Å². The summed E-state index contributed by atoms with van der Waals surface area (Å²) in [5.41, 5.74) is 4.75. The van der Waals surface area contributed by atoms with Crippen LogP contribution in [-0.4, -0.2) is 28.8 Å². The smallest absolute Gasteiger partial charge is 0.339 e. The second-order valence-corrected chi connectivity index (χ2v) is 6.70. The number of hydrazone groups is 1. The lowest BCUT2D eigenvalue weighted by molar-refractivity contribution is -0.255. The van der Waals surface area contributed by atoms with Crippen LogP contribution < -0.4 is 21.0 Å². The molecular formula is C22H18N4O5-2. The van der Waals surface area contributed by atoms with E-state index < -0.39 is 18.0 Å². The third-order valence-corrected chi connectivity index (χ3v) is 4.52. The summed E-state index contributed by atoms with van der Waals surface area (Å²) < 4.78 is 1.67. The Hall–Kier alpha value is -4.40. The zero-order valence-electron chi connectivity index (χ0n) is 16.7. The predicted molar refractivity (Wildman–Crippen MR) is 110 cm³/mol. The van der Waals surface area contributed by atoms with Gasteiger partial charge in [-0.1, -0.05) is 18.2 Å². The van der Waals surface area contributed by atoms with Crippen LogP contribution in [0.1, 0.15) is 37.7 Å². The Morgan fingerprint density at radius 3 is 2.13 bits per heavy atom. The first-order valence-corrected chi connectivity index (χ1v) is 9.18. The van der Waals surface area contributed by atoms with Crippen LogP contribution in [-0.2, 0) is 0 Å². The lowest BCUT2D eigenvalue weighted by Gasteiger charge is -2.15. The zero-order valence-corrected chi connectivity index (χ0v) is 16.7. The minimum atomic E-state index is -1.50. The van der Waals surface area contributed by atoms with Crippen molar-refractivity contribution < 1.29 is 24.6 Å². The molecule has 0 bridgehead atoms. The number of hydrogen-bond acceptors (Lipinski definition) is 6. The molecule has 158 valence electrons. The quantitative estimate of drug-likeness (QED) is 0.454. The molecule has 0 radical (unpaired) electrons. The Kier molecular flexibility index (Phi) is 6.15. The average molecular weight is 418 g/mol. The number of aryl methyl sites for hydroxylation is 1. The molecule has 2 N–H and O–H groups in total. The van der Waals surface area contributed by atoms with Crippen LogP contribution in [0.15, 0.2) is 59.7 Å². The fourth-order valence-corrected chi connectivity index (χ4v) is 3.13. The summed E-state index contributed by atoms with van der Waals surface area (Å²) in [4.78, 5) is 34.5. The third-order valence-electron chi connectivity index (χ3n) is 4.52. The summed E-state index contributed by atoms with van der Waals surface area (Å²) in [6.07, 6.45) is 1.44. The van der Waals surface area contributed by atoms with E-state index in [1.165, 1.54) is 18.3 Å². The fourth-order valence-electron chi connectivity index (χ4n) is 3.13. The molecule has 9 heteroatoms. The number of anilines is 1. The highest BCUT2D eigenvalue weighted by Gasteiger charge is 2.12. The van der Waals surface area contributed by atoms with Gasteiger partial charge in [-0.3, -0.25) is 0 Å². The van der Waals surface area contributed by atoms with Gasteiger partial charge in [0.15, 0.2) is 0 Å². The Bertz CT molecular complexity index is 1150. The number of carboxylic acid groups (broad SMARTS) is 2. The Morgan fingerprint density at radius 2 is 1.55 bits per heavy atom. The van der Waals surface area contributed by atoms with E-state index in [2.05, 4.69) is 15.8 Å². The molecular weight excluding hydrogens is 400 g/mol. The molecule has 2 amide bonds. The van der Waals surface area contributed by atoms with Crippen molar-refractivity contribution in [2.24, 2.45) is 5.10 Å². The second kappa shape index (κ2) is 8.95. The van der Waals surface area contributed by atoms with Gasteiger partial charge >= 0.3 is 6.03 Å². The van der Waals surface area contributed by atoms with Gasteiger partial charge in [-0.15, -0.1) is 0 Å². The average Bonchev–Trinajstić information content (AvgIpc) is 3.01. The van der Waals surface area contributed by atoms with E-state index in [1.54, 1.807) is 48.7 Å². The first kappa shape index (κ1) is 21.3. The first-order valence-electron chi connectivity index (χ1n) is 9.18. The third kappa shape index (κ3) is 4.96. The van der Waals surface area contributed by atoms with Crippen LogP contribution in [0.5, 0.6) is 0 Å². The number of nitrogens with one attached hydrogen (secondary N) is 2. The standard InChI is InChI=1S/C22H20N4O5/c1-13-8-17(12-23-25-22(31)24-18-6-4-3-5-7-18)14(2)26(13)19-10-15(20(27)28)9-16(11-19)21(29)30/h3-12H,1-2H3,(H,27,28)(H,29,30)(H2,24,25,31)/p-2. The van der Waals surface area contributed by atoms with Crippen LogP contribution in [0.4, 0.5) is 10.5 Å². The number of para-hydroxylation sites is 1. The number of carbonyl (C=O) groups excluding carboxylic acids is 3. The van der Waals surface area contributed by atoms with Crippen molar-refractivity contribution in [3.63, 3.8) is 0 Å². The van der Waals surface area contributed by atoms with E-state index >= 15 is 0 Å². The molecule has 3 rings (SSSR count). The van der Waals surface area contributed by atoms with E-state index in [4.69, 9.17) is 0 Å². The highest BCUT2D eigenvalue weighted by molar-refractivity contribution is 5.93. The normalized spacial score (nSPS) is 10.8. The molecule has 0 saturated carbocycles. The van der Waals surface area contributed by atoms with Gasteiger partial charge in [0.25, 0.3) is 0 Å². The summed E-state index contributed by atoms with van der Waals surface area (Å²) in [5.74, 6) is -3.00. The molecule has 9 nitrogen and oxygen atoms in total. The number of rotatable bonds is 6. The van der Waals surface area contributed by atoms with Crippen molar-refractivity contribution in [3.8, 4) is 5.69 Å². The summed E-state index contributed by atoms with van der Waals surface area (Å²) in [6, 6.07) is 13.7. The maximum atomic E-state index is 11.9. The van der Waals surface area contributed by atoms with E-state index in [0.717, 1.165) is 6.07 Å². The van der Waals surface area contributed by atoms with Crippen molar-refractivity contribution in [3.05, 3.63) is 82.7 Å². The van der Waals surface area contributed by atoms with Crippen molar-refractivity contribution in [2.75, 3.05) is 5.32 Å². The largest absolute Gasteiger partial charge is 0.545 e. The van der Waals surface area contributed by atoms with Crippen LogP contribution in [0.25, 0.3) is 5.69 Å². The zero-order chi connectivity index (χ0) is 22.5. The van der Waals surface area contributed by atoms with Crippen LogP contribution >= 0.6 is 0 Å². The van der Waals surface area contributed by atoms with E-state index in [1.807, 2.05) is 6.07 Å². The first-order chi connectivity index (χ1) is 14.8. The molecule has 0 fully saturated rings. The summed E-state index contributed by atoms with van der Waals surface area (Å²) in [7, 11) is 0. The number of aromatic carboxylic acids is 2. The van der Waals surface area contributed by atoms with E-state index in [-0.39, 0.29) is 11.1 Å². The molecule has 0 saturated heterocycles. The fraction of sp³-hybridized carbons (Fsp3) is 0.0909. The molecule has 0 spiro atoms. The molecule has 0 aliphatic rings. The van der Waals surface area contributed by atoms with Gasteiger partial charge in [-0.2, -0.15) is 5.10 Å². The van der Waals surface area contributed by atoms with Gasteiger partial charge in [-0.05, 0) is 61.4 Å². The maximum absolute atomic E-state index is 11.9. The number of hydrogen-bond donors (Lipinski definition) is 2. The second-order valence-electron chi connectivity index (χ2n) is 6.70. The van der Waals surface area contributed by atoms with Gasteiger partial charge in [0.2, 0.25) is 0 Å². The molecule has 2 aromatic carbocycles. The number of nitrogens with zero attached hydrogens (tertiary/aromatic N) is 2. The molecule has 0 aliphatic heterocycles. The van der Waals surface area contributed by atoms with Crippen molar-refractivity contribution in [2.45, 2.75) is 13.8 Å². The van der Waals surface area contributed by atoms with Gasteiger partial charge in [0, 0.05) is 28.3 Å². The summed E-state index contributed by atoms with van der Waals surface area (Å²) in [6.45, 7) is 3.52. The number of urea groups is 1. The van der Waals surface area contributed by atoms with Crippen molar-refractivity contribution >= 4 is 29.9 Å². The predicted octanol–water partition coefficient (Wildman–Crippen LogP) is 0.977. The van der Waals surface area contributed by atoms with Gasteiger partial charge in [0.05, 0.1) is 18.2 Å². The Balaban J connectivity index is 1.84. The van der Waals surface area contributed by atoms with Crippen LogP contribution in [0.3, 0.4) is 0 Å². The number of carbonyl (C=O) groups is 3. The number of carboxylic acids is 2. The molecule has 1 heterocycles. The minimum absolute atomic E-state index is 0.279. The summed E-state index contributed by atoms with van der Waals surface area (Å²) >= 11 is 0. The van der Waals surface area contributed by atoms with E-state index in [9.17, 15) is 24.6 Å². The molecule has 0 atom stereocenters. The minimum Gasteiger partial charge on any atom is -0.545 e. The molecule has 0 unspecified atom stereocenters. The molecule has 31 heavy (non-hydrogen) atoms. The van der Waals surface area contributed by atoms with Crippen molar-refractivity contribution in [1.82, 2.24) is 9.99 Å². The Labute approximate surface area is 177 Å². The molecule has 1 aromatic heterocycles. The summed E-state index contributed by atoms with van der Waals surface area (Å²) in [5, 5.41) is 29.1. The van der Waals surface area contributed by atoms with Crippen LogP contribution in [0.2, 0.25) is 0 Å². The Morgan fingerprint density at radius 1 is 0.935 bits per heavy atom. The monoisotopic (exact) mass is 418 g/mol. The number of benzene rings is 2. The number of amides is 2. The van der Waals surface area contributed by atoms with Gasteiger partial charge < -0.3 is 29.7 Å². The lowest BCUT2D eigenvalue weighted by Crippen LogP contribution is -2.26. The maximum Gasteiger partial charge on any atom is 0.339 e. The highest BCUT2D eigenvalue weighted by Crippen LogP contribution is 2.22. The van der Waals surface area contributed by atoms with Crippen molar-refractivity contribution in [1.29, 1.82) is 0 Å². The molecule has 3 aromatic rings. The van der Waals surface area contributed by atoms with Gasteiger partial charge in [-0.25, -0.2) is 10.2 Å². The SMILES string of the molecule is Cc1cc(C=NNC(=O)Nc2ccccc2)c(C)n1-c1cc(C(=O)[O-])cc(C(=O)[O-])c1. The topological polar surface area (TPSA) is 139 Å². The highest BCUT2D eigenvalue weighted by atomic mass is 16.4. The van der Waals surface area contributed by atoms with Crippen LogP contribution in [0, 0.1) is 13.8 Å².